The van der Waals surface area contributed by atoms with Crippen molar-refractivity contribution in [3.63, 3.8) is 0 Å². The van der Waals surface area contributed by atoms with Crippen LogP contribution in [-0.4, -0.2) is 24.6 Å². The van der Waals surface area contributed by atoms with Gasteiger partial charge in [0, 0.05) is 12.8 Å². The molecule has 0 aromatic rings. The maximum absolute atomic E-state index is 11.6. The predicted molar refractivity (Wildman–Crippen MR) is 79.3 cm³/mol. The van der Waals surface area contributed by atoms with Crippen molar-refractivity contribution < 1.29 is 19.1 Å². The summed E-state index contributed by atoms with van der Waals surface area (Å²) >= 11 is 0. The molecule has 0 heterocycles. The Hall–Kier alpha value is -1.06. The highest BCUT2D eigenvalue weighted by atomic mass is 16.5. The summed E-state index contributed by atoms with van der Waals surface area (Å²) in [6, 6.07) is 0. The molecule has 118 valence electrons. The summed E-state index contributed by atoms with van der Waals surface area (Å²) in [7, 11) is 0. The minimum absolute atomic E-state index is 0.0264. The number of rotatable bonds is 11. The van der Waals surface area contributed by atoms with E-state index < -0.39 is 0 Å². The second kappa shape index (κ2) is 11.7. The first kappa shape index (κ1) is 18.9. The number of unbranched alkanes of at least 4 members (excludes halogenated alkanes) is 2. The molecule has 0 fully saturated rings. The van der Waals surface area contributed by atoms with Crippen LogP contribution in [0, 0.1) is 5.92 Å². The molecule has 0 aromatic carbocycles. The minimum Gasteiger partial charge on any atom is -0.466 e. The van der Waals surface area contributed by atoms with Crippen LogP contribution in [0.3, 0.4) is 0 Å². The first-order chi connectivity index (χ1) is 9.45. The van der Waals surface area contributed by atoms with E-state index in [9.17, 15) is 9.59 Å². The molecule has 0 radical (unpaired) electrons. The van der Waals surface area contributed by atoms with Crippen molar-refractivity contribution in [3.8, 4) is 0 Å². The van der Waals surface area contributed by atoms with Crippen LogP contribution in [0.4, 0.5) is 0 Å². The van der Waals surface area contributed by atoms with Crippen LogP contribution in [0.15, 0.2) is 0 Å². The molecule has 0 saturated heterocycles. The standard InChI is InChI=1S/C16H30O4/c1-5-6-11-19-15(17)9-7-8-10-16(18)20-14(4)12-13(2)3/h13-14H,5-12H2,1-4H3. The highest BCUT2D eigenvalue weighted by molar-refractivity contribution is 5.70. The topological polar surface area (TPSA) is 52.6 Å². The Kier molecular flexibility index (Phi) is 11.1. The second-order valence-corrected chi connectivity index (χ2v) is 5.71. The van der Waals surface area contributed by atoms with E-state index in [4.69, 9.17) is 9.47 Å². The zero-order valence-electron chi connectivity index (χ0n) is 13.4. The molecule has 0 N–H and O–H groups in total. The SMILES string of the molecule is CCCCOC(=O)CCCCC(=O)OC(C)CC(C)C. The van der Waals surface area contributed by atoms with Crippen molar-refractivity contribution in [1.29, 1.82) is 0 Å². The van der Waals surface area contributed by atoms with Gasteiger partial charge in [-0.1, -0.05) is 27.2 Å². The number of hydrogen-bond acceptors (Lipinski definition) is 4. The molecule has 0 aliphatic heterocycles. The third kappa shape index (κ3) is 12.0. The fourth-order valence-corrected chi connectivity index (χ4v) is 1.94. The van der Waals surface area contributed by atoms with Crippen molar-refractivity contribution >= 4 is 11.9 Å². The molecule has 0 rings (SSSR count). The van der Waals surface area contributed by atoms with E-state index in [-0.39, 0.29) is 18.0 Å². The molecule has 0 aromatic heterocycles. The third-order valence-corrected chi connectivity index (χ3v) is 2.91. The quantitative estimate of drug-likeness (QED) is 0.427. The van der Waals surface area contributed by atoms with E-state index in [1.807, 2.05) is 6.92 Å². The lowest BCUT2D eigenvalue weighted by molar-refractivity contribution is -0.149. The summed E-state index contributed by atoms with van der Waals surface area (Å²) in [5.74, 6) is 0.188. The van der Waals surface area contributed by atoms with Gasteiger partial charge in [-0.15, -0.1) is 0 Å². The van der Waals surface area contributed by atoms with E-state index in [1.165, 1.54) is 0 Å². The van der Waals surface area contributed by atoms with Gasteiger partial charge in [-0.2, -0.15) is 0 Å². The molecule has 0 aliphatic rings. The van der Waals surface area contributed by atoms with Gasteiger partial charge in [0.25, 0.3) is 0 Å². The van der Waals surface area contributed by atoms with Gasteiger partial charge in [0.1, 0.15) is 0 Å². The molecule has 1 unspecified atom stereocenters. The van der Waals surface area contributed by atoms with Crippen LogP contribution in [0.2, 0.25) is 0 Å². The average Bonchev–Trinajstić information content (AvgIpc) is 2.33. The summed E-state index contributed by atoms with van der Waals surface area (Å²) in [6.07, 6.45) is 4.91. The summed E-state index contributed by atoms with van der Waals surface area (Å²) in [6.45, 7) is 8.69. The molecule has 0 spiro atoms. The van der Waals surface area contributed by atoms with Crippen molar-refractivity contribution in [2.45, 2.75) is 78.7 Å². The summed E-state index contributed by atoms with van der Waals surface area (Å²) < 4.78 is 10.3. The molecule has 0 bridgehead atoms. The highest BCUT2D eigenvalue weighted by Crippen LogP contribution is 2.10. The van der Waals surface area contributed by atoms with Gasteiger partial charge in [0.2, 0.25) is 0 Å². The Morgan fingerprint density at radius 2 is 1.55 bits per heavy atom. The molecule has 0 amide bonds. The lowest BCUT2D eigenvalue weighted by Crippen LogP contribution is -2.16. The number of carbonyl (C=O) groups is 2. The molecular formula is C16H30O4. The third-order valence-electron chi connectivity index (χ3n) is 2.91. The van der Waals surface area contributed by atoms with Gasteiger partial charge >= 0.3 is 11.9 Å². The van der Waals surface area contributed by atoms with E-state index >= 15 is 0 Å². The molecule has 20 heavy (non-hydrogen) atoms. The van der Waals surface area contributed by atoms with Crippen molar-refractivity contribution in [3.05, 3.63) is 0 Å². The van der Waals surface area contributed by atoms with Crippen LogP contribution < -0.4 is 0 Å². The first-order valence-corrected chi connectivity index (χ1v) is 7.80. The molecule has 4 nitrogen and oxygen atoms in total. The monoisotopic (exact) mass is 286 g/mol. The molecule has 1 atom stereocenters. The van der Waals surface area contributed by atoms with Crippen molar-refractivity contribution in [1.82, 2.24) is 0 Å². The number of ether oxygens (including phenoxy) is 2. The van der Waals surface area contributed by atoms with Gasteiger partial charge in [-0.05, 0) is 38.5 Å². The Morgan fingerprint density at radius 3 is 2.10 bits per heavy atom. The van der Waals surface area contributed by atoms with Crippen LogP contribution in [-0.2, 0) is 19.1 Å². The van der Waals surface area contributed by atoms with Crippen LogP contribution in [0.25, 0.3) is 0 Å². The Morgan fingerprint density at radius 1 is 0.950 bits per heavy atom. The zero-order valence-corrected chi connectivity index (χ0v) is 13.4. The molecular weight excluding hydrogens is 256 g/mol. The maximum atomic E-state index is 11.6. The van der Waals surface area contributed by atoms with Crippen LogP contribution in [0.5, 0.6) is 0 Å². The largest absolute Gasteiger partial charge is 0.466 e. The van der Waals surface area contributed by atoms with E-state index in [0.717, 1.165) is 19.3 Å². The lowest BCUT2D eigenvalue weighted by atomic mass is 10.1. The fraction of sp³-hybridized carbons (Fsp3) is 0.875. The van der Waals surface area contributed by atoms with Gasteiger partial charge in [0.15, 0.2) is 0 Å². The maximum Gasteiger partial charge on any atom is 0.306 e. The zero-order chi connectivity index (χ0) is 15.4. The average molecular weight is 286 g/mol. The predicted octanol–water partition coefficient (Wildman–Crippen LogP) is 3.87. The first-order valence-electron chi connectivity index (χ1n) is 7.80. The summed E-state index contributed by atoms with van der Waals surface area (Å²) in [4.78, 5) is 22.9. The second-order valence-electron chi connectivity index (χ2n) is 5.71. The van der Waals surface area contributed by atoms with Crippen molar-refractivity contribution in [2.24, 2.45) is 5.92 Å². The van der Waals surface area contributed by atoms with Gasteiger partial charge < -0.3 is 9.47 Å². The normalized spacial score (nSPS) is 12.2. The number of esters is 2. The molecule has 4 heteroatoms. The van der Waals surface area contributed by atoms with E-state index in [1.54, 1.807) is 0 Å². The smallest absolute Gasteiger partial charge is 0.306 e. The highest BCUT2D eigenvalue weighted by Gasteiger charge is 2.11. The minimum atomic E-state index is -0.169. The summed E-state index contributed by atoms with van der Waals surface area (Å²) in [5.41, 5.74) is 0. The Bertz CT molecular complexity index is 274. The van der Waals surface area contributed by atoms with Crippen LogP contribution in [0.1, 0.15) is 72.6 Å². The van der Waals surface area contributed by atoms with E-state index in [2.05, 4.69) is 20.8 Å². The molecule has 0 aliphatic carbocycles. The van der Waals surface area contributed by atoms with Crippen molar-refractivity contribution in [2.75, 3.05) is 6.61 Å². The lowest BCUT2D eigenvalue weighted by Gasteiger charge is -2.15. The Labute approximate surface area is 123 Å². The fourth-order valence-electron chi connectivity index (χ4n) is 1.94. The van der Waals surface area contributed by atoms with E-state index in [0.29, 0.717) is 38.2 Å². The molecule has 0 saturated carbocycles. The van der Waals surface area contributed by atoms with Crippen LogP contribution >= 0.6 is 0 Å². The van der Waals surface area contributed by atoms with Gasteiger partial charge in [0.05, 0.1) is 12.7 Å². The Balaban J connectivity index is 3.54. The summed E-state index contributed by atoms with van der Waals surface area (Å²) in [5, 5.41) is 0. The number of hydrogen-bond donors (Lipinski definition) is 0. The van der Waals surface area contributed by atoms with Gasteiger partial charge in [-0.25, -0.2) is 0 Å². The van der Waals surface area contributed by atoms with Gasteiger partial charge in [-0.3, -0.25) is 9.59 Å². The number of carbonyl (C=O) groups excluding carboxylic acids is 2.